The van der Waals surface area contributed by atoms with Gasteiger partial charge in [0.15, 0.2) is 11.5 Å². The number of nitrogens with zero attached hydrogens (tertiary/aromatic N) is 1. The Morgan fingerprint density at radius 2 is 1.68 bits per heavy atom. The lowest BCUT2D eigenvalue weighted by Gasteiger charge is -2.14. The van der Waals surface area contributed by atoms with Gasteiger partial charge in [-0.05, 0) is 79.2 Å². The van der Waals surface area contributed by atoms with Crippen LogP contribution in [-0.2, 0) is 11.4 Å². The number of carbonyl (C=O) groups excluding carboxylic acids is 2. The number of benzene rings is 3. The fourth-order valence-electron chi connectivity index (χ4n) is 3.31. The standard InChI is InChI=1S/C26H21BrClNO4S/c1-3-32-22-12-18(21(27)14-23(22)33-15-17-6-4-16(2)5-7-17)13-24-25(30)29(26(31)34-24)20-10-8-19(28)9-11-20/h4-14H,3,15H2,1-2H3/b24-13+. The first kappa shape index (κ1) is 24.4. The number of imide groups is 1. The summed E-state index contributed by atoms with van der Waals surface area (Å²) in [5.41, 5.74) is 3.41. The topological polar surface area (TPSA) is 55.8 Å². The molecule has 0 aromatic heterocycles. The molecule has 1 fully saturated rings. The van der Waals surface area contributed by atoms with Crippen molar-refractivity contribution in [2.45, 2.75) is 20.5 Å². The van der Waals surface area contributed by atoms with E-state index in [1.54, 1.807) is 36.4 Å². The Morgan fingerprint density at radius 1 is 1.00 bits per heavy atom. The molecule has 0 spiro atoms. The second-order valence-corrected chi connectivity index (χ2v) is 9.81. The molecule has 1 aliphatic heterocycles. The predicted molar refractivity (Wildman–Crippen MR) is 141 cm³/mol. The molecular weight excluding hydrogens is 538 g/mol. The van der Waals surface area contributed by atoms with E-state index in [2.05, 4.69) is 15.9 Å². The van der Waals surface area contributed by atoms with Crippen LogP contribution < -0.4 is 14.4 Å². The van der Waals surface area contributed by atoms with Gasteiger partial charge >= 0.3 is 0 Å². The molecule has 3 aromatic rings. The summed E-state index contributed by atoms with van der Waals surface area (Å²) < 4.78 is 12.5. The van der Waals surface area contributed by atoms with Crippen LogP contribution in [0, 0.1) is 6.92 Å². The van der Waals surface area contributed by atoms with Crippen molar-refractivity contribution in [3.63, 3.8) is 0 Å². The molecular formula is C26H21BrClNO4S. The van der Waals surface area contributed by atoms with E-state index in [4.69, 9.17) is 21.1 Å². The highest BCUT2D eigenvalue weighted by Gasteiger charge is 2.36. The molecule has 0 N–H and O–H groups in total. The highest BCUT2D eigenvalue weighted by Crippen LogP contribution is 2.40. The maximum Gasteiger partial charge on any atom is 0.298 e. The van der Waals surface area contributed by atoms with Crippen molar-refractivity contribution in [3.8, 4) is 11.5 Å². The molecule has 4 rings (SSSR count). The van der Waals surface area contributed by atoms with E-state index in [1.165, 1.54) is 5.56 Å². The van der Waals surface area contributed by atoms with E-state index < -0.39 is 0 Å². The molecule has 0 aliphatic carbocycles. The molecule has 1 aliphatic rings. The summed E-state index contributed by atoms with van der Waals surface area (Å²) in [4.78, 5) is 27.0. The number of amides is 2. The molecule has 3 aromatic carbocycles. The fraction of sp³-hybridized carbons (Fsp3) is 0.154. The first-order valence-electron chi connectivity index (χ1n) is 10.5. The van der Waals surface area contributed by atoms with Crippen molar-refractivity contribution >= 4 is 62.2 Å². The number of anilines is 1. The quantitative estimate of drug-likeness (QED) is 0.279. The number of hydrogen-bond acceptors (Lipinski definition) is 5. The van der Waals surface area contributed by atoms with Gasteiger partial charge < -0.3 is 9.47 Å². The van der Waals surface area contributed by atoms with E-state index in [-0.39, 0.29) is 11.1 Å². The zero-order chi connectivity index (χ0) is 24.2. The van der Waals surface area contributed by atoms with Crippen molar-refractivity contribution in [2.24, 2.45) is 0 Å². The van der Waals surface area contributed by atoms with Crippen LogP contribution in [0.1, 0.15) is 23.6 Å². The first-order valence-corrected chi connectivity index (χ1v) is 12.5. The number of ether oxygens (including phenoxy) is 2. The monoisotopic (exact) mass is 557 g/mol. The molecule has 5 nitrogen and oxygen atoms in total. The van der Waals surface area contributed by atoms with Crippen molar-refractivity contribution in [2.75, 3.05) is 11.5 Å². The summed E-state index contributed by atoms with van der Waals surface area (Å²) in [5, 5.41) is 0.168. The van der Waals surface area contributed by atoms with E-state index in [9.17, 15) is 9.59 Å². The van der Waals surface area contributed by atoms with Gasteiger partial charge in [0.05, 0.1) is 17.2 Å². The highest BCUT2D eigenvalue weighted by molar-refractivity contribution is 9.10. The third-order valence-corrected chi connectivity index (χ3v) is 6.85. The van der Waals surface area contributed by atoms with E-state index >= 15 is 0 Å². The molecule has 174 valence electrons. The van der Waals surface area contributed by atoms with Crippen molar-refractivity contribution in [1.29, 1.82) is 0 Å². The van der Waals surface area contributed by atoms with Crippen LogP contribution in [0.25, 0.3) is 6.08 Å². The number of carbonyl (C=O) groups is 2. The van der Waals surface area contributed by atoms with Gasteiger partial charge in [0.2, 0.25) is 0 Å². The van der Waals surface area contributed by atoms with Crippen LogP contribution in [0.5, 0.6) is 11.5 Å². The summed E-state index contributed by atoms with van der Waals surface area (Å²) in [6, 6.07) is 18.3. The Balaban J connectivity index is 1.59. The third kappa shape index (κ3) is 5.49. The summed E-state index contributed by atoms with van der Waals surface area (Å²) in [6.07, 6.45) is 1.68. The lowest BCUT2D eigenvalue weighted by Crippen LogP contribution is -2.27. The number of hydrogen-bond donors (Lipinski definition) is 0. The molecule has 0 saturated carbocycles. The van der Waals surface area contributed by atoms with Gasteiger partial charge in [-0.2, -0.15) is 0 Å². The smallest absolute Gasteiger partial charge is 0.298 e. The Labute approximate surface area is 215 Å². The maximum atomic E-state index is 13.0. The molecule has 0 radical (unpaired) electrons. The molecule has 1 saturated heterocycles. The molecule has 0 atom stereocenters. The van der Waals surface area contributed by atoms with Gasteiger partial charge in [-0.1, -0.05) is 57.4 Å². The van der Waals surface area contributed by atoms with E-state index in [0.717, 1.165) is 22.2 Å². The average molecular weight is 559 g/mol. The second kappa shape index (κ2) is 10.7. The molecule has 2 amide bonds. The van der Waals surface area contributed by atoms with E-state index in [0.29, 0.717) is 50.4 Å². The fourth-order valence-corrected chi connectivity index (χ4v) is 4.70. The van der Waals surface area contributed by atoms with Crippen LogP contribution in [0.3, 0.4) is 0 Å². The number of halogens is 2. The zero-order valence-electron chi connectivity index (χ0n) is 18.5. The van der Waals surface area contributed by atoms with Gasteiger partial charge in [-0.15, -0.1) is 0 Å². The van der Waals surface area contributed by atoms with Crippen molar-refractivity contribution < 1.29 is 19.1 Å². The van der Waals surface area contributed by atoms with Crippen LogP contribution in [0.2, 0.25) is 5.02 Å². The van der Waals surface area contributed by atoms with E-state index in [1.807, 2.05) is 44.2 Å². The SMILES string of the molecule is CCOc1cc(/C=C2/SC(=O)N(c3ccc(Cl)cc3)C2=O)c(Br)cc1OCc1ccc(C)cc1. The number of rotatable bonds is 7. The van der Waals surface area contributed by atoms with Crippen LogP contribution in [0.15, 0.2) is 70.0 Å². The van der Waals surface area contributed by atoms with Crippen LogP contribution in [0.4, 0.5) is 10.5 Å². The zero-order valence-corrected chi connectivity index (χ0v) is 21.7. The molecule has 0 bridgehead atoms. The van der Waals surface area contributed by atoms with Crippen molar-refractivity contribution in [1.82, 2.24) is 0 Å². The first-order chi connectivity index (χ1) is 16.4. The highest BCUT2D eigenvalue weighted by atomic mass is 79.9. The lowest BCUT2D eigenvalue weighted by atomic mass is 10.1. The molecule has 0 unspecified atom stereocenters. The Morgan fingerprint density at radius 3 is 2.35 bits per heavy atom. The van der Waals surface area contributed by atoms with Crippen LogP contribution >= 0.6 is 39.3 Å². The average Bonchev–Trinajstić information content (AvgIpc) is 3.09. The van der Waals surface area contributed by atoms with Gasteiger partial charge in [0.25, 0.3) is 11.1 Å². The molecule has 8 heteroatoms. The number of aryl methyl sites for hydroxylation is 1. The minimum absolute atomic E-state index is 0.316. The van der Waals surface area contributed by atoms with Crippen molar-refractivity contribution in [3.05, 3.63) is 91.8 Å². The van der Waals surface area contributed by atoms with Gasteiger partial charge in [0.1, 0.15) is 6.61 Å². The minimum atomic E-state index is -0.387. The van der Waals surface area contributed by atoms with Gasteiger partial charge in [-0.25, -0.2) is 4.90 Å². The Kier molecular flexibility index (Phi) is 7.66. The Bertz CT molecular complexity index is 1260. The maximum absolute atomic E-state index is 13.0. The third-order valence-electron chi connectivity index (χ3n) is 5.04. The summed E-state index contributed by atoms with van der Waals surface area (Å²) in [6.45, 7) is 4.78. The van der Waals surface area contributed by atoms with Gasteiger partial charge in [-0.3, -0.25) is 9.59 Å². The second-order valence-electron chi connectivity index (χ2n) is 7.52. The summed E-state index contributed by atoms with van der Waals surface area (Å²) in [7, 11) is 0. The largest absolute Gasteiger partial charge is 0.490 e. The molecule has 34 heavy (non-hydrogen) atoms. The normalized spacial score (nSPS) is 14.7. The number of thioether (sulfide) groups is 1. The Hall–Kier alpha value is -2.74. The predicted octanol–water partition coefficient (Wildman–Crippen LogP) is 7.63. The summed E-state index contributed by atoms with van der Waals surface area (Å²) in [5.74, 6) is 0.753. The van der Waals surface area contributed by atoms with Gasteiger partial charge in [0, 0.05) is 9.50 Å². The minimum Gasteiger partial charge on any atom is -0.490 e. The summed E-state index contributed by atoms with van der Waals surface area (Å²) >= 11 is 10.4. The molecule has 1 heterocycles. The lowest BCUT2D eigenvalue weighted by molar-refractivity contribution is -0.113. The van der Waals surface area contributed by atoms with Crippen LogP contribution in [-0.4, -0.2) is 17.8 Å².